The third-order valence-corrected chi connectivity index (χ3v) is 3.65. The average molecular weight is 263 g/mol. The third kappa shape index (κ3) is 5.21. The van der Waals surface area contributed by atoms with Crippen LogP contribution in [0.2, 0.25) is 0 Å². The number of benzene rings is 1. The first-order valence-electron chi connectivity index (χ1n) is 7.30. The average Bonchev–Trinajstić information content (AvgIpc) is 2.43. The summed E-state index contributed by atoms with van der Waals surface area (Å²) in [5.41, 5.74) is 7.13. The van der Waals surface area contributed by atoms with Gasteiger partial charge in [0.1, 0.15) is 5.75 Å². The molecule has 0 aliphatic heterocycles. The minimum atomic E-state index is 0.393. The summed E-state index contributed by atoms with van der Waals surface area (Å²) in [7, 11) is 0. The van der Waals surface area contributed by atoms with E-state index in [2.05, 4.69) is 19.1 Å². The first-order chi connectivity index (χ1) is 9.24. The molecule has 0 radical (unpaired) electrons. The second-order valence-electron chi connectivity index (χ2n) is 5.42. The van der Waals surface area contributed by atoms with Gasteiger partial charge < -0.3 is 15.2 Å². The maximum absolute atomic E-state index is 5.87. The molecular weight excluding hydrogens is 238 g/mol. The number of rotatable bonds is 6. The molecule has 0 bridgehead atoms. The van der Waals surface area contributed by atoms with Gasteiger partial charge in [-0.05, 0) is 44.7 Å². The summed E-state index contributed by atoms with van der Waals surface area (Å²) in [6.07, 6.45) is 5.78. The lowest BCUT2D eigenvalue weighted by Gasteiger charge is -2.26. The van der Waals surface area contributed by atoms with Crippen LogP contribution in [0.5, 0.6) is 5.75 Å². The maximum atomic E-state index is 5.87. The molecule has 1 aliphatic rings. The highest BCUT2D eigenvalue weighted by Gasteiger charge is 2.18. The first kappa shape index (κ1) is 14.4. The van der Waals surface area contributed by atoms with E-state index in [1.165, 1.54) is 5.56 Å². The third-order valence-electron chi connectivity index (χ3n) is 3.65. The van der Waals surface area contributed by atoms with Crippen LogP contribution in [-0.2, 0) is 4.74 Å². The molecule has 2 rings (SSSR count). The van der Waals surface area contributed by atoms with E-state index in [9.17, 15) is 0 Å². The van der Waals surface area contributed by atoms with E-state index >= 15 is 0 Å². The number of aryl methyl sites for hydroxylation is 1. The van der Waals surface area contributed by atoms with Gasteiger partial charge in [-0.3, -0.25) is 0 Å². The Kier molecular flexibility index (Phi) is 5.67. The van der Waals surface area contributed by atoms with Crippen LogP contribution in [0.1, 0.15) is 37.7 Å². The van der Waals surface area contributed by atoms with Gasteiger partial charge in [0.25, 0.3) is 0 Å². The van der Waals surface area contributed by atoms with Gasteiger partial charge in [-0.1, -0.05) is 17.7 Å². The lowest BCUT2D eigenvalue weighted by Crippen LogP contribution is -2.30. The Balaban J connectivity index is 1.53. The van der Waals surface area contributed by atoms with Gasteiger partial charge in [-0.25, -0.2) is 0 Å². The summed E-state index contributed by atoms with van der Waals surface area (Å²) in [5.74, 6) is 0.939. The predicted molar refractivity (Wildman–Crippen MR) is 77.5 cm³/mol. The van der Waals surface area contributed by atoms with Gasteiger partial charge in [0.15, 0.2) is 0 Å². The van der Waals surface area contributed by atoms with Gasteiger partial charge >= 0.3 is 0 Å². The minimum absolute atomic E-state index is 0.393. The van der Waals surface area contributed by atoms with Crippen molar-refractivity contribution >= 4 is 0 Å². The van der Waals surface area contributed by atoms with Gasteiger partial charge in [0, 0.05) is 12.5 Å². The number of ether oxygens (including phenoxy) is 2. The molecule has 0 heterocycles. The highest BCUT2D eigenvalue weighted by molar-refractivity contribution is 5.26. The van der Waals surface area contributed by atoms with Crippen LogP contribution in [0.4, 0.5) is 0 Å². The summed E-state index contributed by atoms with van der Waals surface area (Å²) < 4.78 is 11.5. The van der Waals surface area contributed by atoms with Crippen molar-refractivity contribution in [1.29, 1.82) is 0 Å². The monoisotopic (exact) mass is 263 g/mol. The van der Waals surface area contributed by atoms with Crippen molar-refractivity contribution in [2.45, 2.75) is 51.2 Å². The summed E-state index contributed by atoms with van der Waals surface area (Å²) >= 11 is 0. The Morgan fingerprint density at radius 2 is 1.74 bits per heavy atom. The van der Waals surface area contributed by atoms with Crippen LogP contribution >= 0.6 is 0 Å². The fourth-order valence-electron chi connectivity index (χ4n) is 2.39. The van der Waals surface area contributed by atoms with Gasteiger partial charge in [0.2, 0.25) is 0 Å². The zero-order valence-corrected chi connectivity index (χ0v) is 11.8. The summed E-state index contributed by atoms with van der Waals surface area (Å²) in [5, 5.41) is 0. The molecule has 0 atom stereocenters. The van der Waals surface area contributed by atoms with Crippen molar-refractivity contribution in [3.05, 3.63) is 29.8 Å². The molecule has 0 saturated heterocycles. The van der Waals surface area contributed by atoms with Crippen molar-refractivity contribution in [1.82, 2.24) is 0 Å². The largest absolute Gasteiger partial charge is 0.494 e. The van der Waals surface area contributed by atoms with Gasteiger partial charge in [0.05, 0.1) is 19.3 Å². The van der Waals surface area contributed by atoms with E-state index in [1.54, 1.807) is 0 Å². The summed E-state index contributed by atoms with van der Waals surface area (Å²) in [6.45, 7) is 3.58. The zero-order valence-electron chi connectivity index (χ0n) is 11.8. The SMILES string of the molecule is Cc1ccc(OCCCOC2CCC(N)CC2)cc1. The topological polar surface area (TPSA) is 44.5 Å². The normalized spacial score (nSPS) is 23.3. The molecule has 0 amide bonds. The molecule has 2 N–H and O–H groups in total. The Labute approximate surface area is 116 Å². The van der Waals surface area contributed by atoms with Crippen molar-refractivity contribution in [3.63, 3.8) is 0 Å². The Hall–Kier alpha value is -1.06. The standard InChI is InChI=1S/C16H25NO2/c1-13-3-7-15(8-4-13)18-11-2-12-19-16-9-5-14(17)6-10-16/h3-4,7-8,14,16H,2,5-6,9-12,17H2,1H3. The molecule has 106 valence electrons. The van der Waals surface area contributed by atoms with E-state index in [4.69, 9.17) is 15.2 Å². The fourth-order valence-corrected chi connectivity index (χ4v) is 2.39. The molecule has 1 saturated carbocycles. The van der Waals surface area contributed by atoms with E-state index in [1.807, 2.05) is 12.1 Å². The molecular formula is C16H25NO2. The van der Waals surface area contributed by atoms with Crippen LogP contribution in [0, 0.1) is 6.92 Å². The minimum Gasteiger partial charge on any atom is -0.494 e. The highest BCUT2D eigenvalue weighted by Crippen LogP contribution is 2.20. The lowest BCUT2D eigenvalue weighted by molar-refractivity contribution is 0.0196. The summed E-state index contributed by atoms with van der Waals surface area (Å²) in [6, 6.07) is 8.55. The number of hydrogen-bond donors (Lipinski definition) is 1. The van der Waals surface area contributed by atoms with E-state index in [0.717, 1.165) is 51.1 Å². The second kappa shape index (κ2) is 7.51. The molecule has 1 aromatic carbocycles. The number of hydrogen-bond acceptors (Lipinski definition) is 3. The zero-order chi connectivity index (χ0) is 13.5. The quantitative estimate of drug-likeness (QED) is 0.802. The molecule has 0 unspecified atom stereocenters. The van der Waals surface area contributed by atoms with Crippen LogP contribution in [0.25, 0.3) is 0 Å². The summed E-state index contributed by atoms with van der Waals surface area (Å²) in [4.78, 5) is 0. The highest BCUT2D eigenvalue weighted by atomic mass is 16.5. The Morgan fingerprint density at radius 1 is 1.05 bits per heavy atom. The van der Waals surface area contributed by atoms with Crippen LogP contribution in [0.3, 0.4) is 0 Å². The van der Waals surface area contributed by atoms with Crippen LogP contribution in [0.15, 0.2) is 24.3 Å². The molecule has 0 spiro atoms. The van der Waals surface area contributed by atoms with E-state index in [0.29, 0.717) is 12.1 Å². The van der Waals surface area contributed by atoms with Crippen molar-refractivity contribution in [2.75, 3.05) is 13.2 Å². The first-order valence-corrected chi connectivity index (χ1v) is 7.30. The molecule has 1 aromatic rings. The maximum Gasteiger partial charge on any atom is 0.119 e. The smallest absolute Gasteiger partial charge is 0.119 e. The predicted octanol–water partition coefficient (Wildman–Crippen LogP) is 3.05. The van der Waals surface area contributed by atoms with Crippen molar-refractivity contribution < 1.29 is 9.47 Å². The Morgan fingerprint density at radius 3 is 2.42 bits per heavy atom. The molecule has 19 heavy (non-hydrogen) atoms. The van der Waals surface area contributed by atoms with Gasteiger partial charge in [-0.15, -0.1) is 0 Å². The fraction of sp³-hybridized carbons (Fsp3) is 0.625. The molecule has 1 fully saturated rings. The number of nitrogens with two attached hydrogens (primary N) is 1. The molecule has 3 heteroatoms. The van der Waals surface area contributed by atoms with Crippen LogP contribution in [-0.4, -0.2) is 25.4 Å². The molecule has 0 aromatic heterocycles. The van der Waals surface area contributed by atoms with Crippen molar-refractivity contribution in [3.8, 4) is 5.75 Å². The van der Waals surface area contributed by atoms with Gasteiger partial charge in [-0.2, -0.15) is 0 Å². The molecule has 3 nitrogen and oxygen atoms in total. The van der Waals surface area contributed by atoms with E-state index < -0.39 is 0 Å². The lowest BCUT2D eigenvalue weighted by atomic mass is 9.94. The molecule has 1 aliphatic carbocycles. The Bertz CT molecular complexity index is 356. The second-order valence-corrected chi connectivity index (χ2v) is 5.42. The van der Waals surface area contributed by atoms with Crippen molar-refractivity contribution in [2.24, 2.45) is 5.73 Å². The van der Waals surface area contributed by atoms with Crippen LogP contribution < -0.4 is 10.5 Å². The van der Waals surface area contributed by atoms with E-state index in [-0.39, 0.29) is 0 Å².